The number of nitrogen functional groups attached to an aromatic ring is 1. The summed E-state index contributed by atoms with van der Waals surface area (Å²) in [5, 5.41) is 4.37. The molecule has 120 valence electrons. The Kier molecular flexibility index (Phi) is 5.94. The van der Waals surface area contributed by atoms with E-state index in [1.807, 2.05) is 24.3 Å². The van der Waals surface area contributed by atoms with Gasteiger partial charge in [-0.25, -0.2) is 9.97 Å². The lowest BCUT2D eigenvalue weighted by molar-refractivity contribution is 0.195. The highest BCUT2D eigenvalue weighted by molar-refractivity contribution is 5.87. The number of nitrogens with one attached hydrogen (secondary N) is 1. The second-order valence-electron chi connectivity index (χ2n) is 5.66. The first kappa shape index (κ1) is 16.9. The Labute approximate surface area is 137 Å². The van der Waals surface area contributed by atoms with Crippen LogP contribution < -0.4 is 11.1 Å². The molecule has 1 aromatic carbocycles. The first-order chi connectivity index (χ1) is 10.3. The number of rotatable bonds is 5. The van der Waals surface area contributed by atoms with E-state index in [1.165, 1.54) is 6.42 Å². The smallest absolute Gasteiger partial charge is 0.145 e. The Morgan fingerprint density at radius 2 is 2.14 bits per heavy atom. The van der Waals surface area contributed by atoms with Gasteiger partial charge >= 0.3 is 0 Å². The van der Waals surface area contributed by atoms with Crippen LogP contribution in [0.5, 0.6) is 0 Å². The van der Waals surface area contributed by atoms with Gasteiger partial charge in [-0.2, -0.15) is 0 Å². The van der Waals surface area contributed by atoms with E-state index in [0.717, 1.165) is 49.3 Å². The van der Waals surface area contributed by atoms with Gasteiger partial charge in [0.15, 0.2) is 0 Å². The Hall–Kier alpha value is -1.43. The molecule has 1 aliphatic rings. The van der Waals surface area contributed by atoms with Gasteiger partial charge in [0, 0.05) is 18.0 Å². The van der Waals surface area contributed by atoms with E-state index in [4.69, 9.17) is 5.73 Å². The van der Waals surface area contributed by atoms with Crippen molar-refractivity contribution in [1.29, 1.82) is 0 Å². The van der Waals surface area contributed by atoms with E-state index < -0.39 is 0 Å². The van der Waals surface area contributed by atoms with Crippen LogP contribution in [0, 0.1) is 0 Å². The van der Waals surface area contributed by atoms with E-state index in [9.17, 15) is 0 Å². The van der Waals surface area contributed by atoms with Gasteiger partial charge in [-0.15, -0.1) is 12.4 Å². The van der Waals surface area contributed by atoms with Crippen molar-refractivity contribution in [3.8, 4) is 0 Å². The lowest BCUT2D eigenvalue weighted by Gasteiger charge is -2.27. The number of anilines is 1. The average molecular weight is 322 g/mol. The molecule has 2 heterocycles. The molecule has 3 rings (SSSR count). The number of nitrogens with zero attached hydrogens (tertiary/aromatic N) is 3. The lowest BCUT2D eigenvalue weighted by atomic mass is 10.2. The molecular formula is C16H24ClN5. The standard InChI is InChI=1S/C16H23N5.ClH/c1-2-9-21(12-7-8-18-10-12)11-15-19-14-6-4-3-5-13(14)16(17)20-15;/h3-6,12,18H,2,7-11H2,1H3,(H2,17,19,20);1H. The highest BCUT2D eigenvalue weighted by Crippen LogP contribution is 2.19. The number of para-hydroxylation sites is 1. The number of nitrogens with two attached hydrogens (primary N) is 1. The quantitative estimate of drug-likeness (QED) is 0.883. The Bertz CT molecular complexity index is 613. The van der Waals surface area contributed by atoms with Crippen LogP contribution >= 0.6 is 12.4 Å². The van der Waals surface area contributed by atoms with Crippen LogP contribution in [-0.4, -0.2) is 40.5 Å². The number of halogens is 1. The number of fused-ring (bicyclic) bond motifs is 1. The molecule has 0 spiro atoms. The third kappa shape index (κ3) is 3.66. The largest absolute Gasteiger partial charge is 0.383 e. The van der Waals surface area contributed by atoms with Gasteiger partial charge in [0.1, 0.15) is 11.6 Å². The molecule has 6 heteroatoms. The summed E-state index contributed by atoms with van der Waals surface area (Å²) in [6.45, 7) is 6.22. The van der Waals surface area contributed by atoms with E-state index in [1.54, 1.807) is 0 Å². The van der Waals surface area contributed by atoms with Gasteiger partial charge in [0.05, 0.1) is 12.1 Å². The van der Waals surface area contributed by atoms with Gasteiger partial charge in [0.25, 0.3) is 0 Å². The van der Waals surface area contributed by atoms with E-state index >= 15 is 0 Å². The first-order valence-corrected chi connectivity index (χ1v) is 7.74. The van der Waals surface area contributed by atoms with Crippen LogP contribution in [0.2, 0.25) is 0 Å². The van der Waals surface area contributed by atoms with Crippen molar-refractivity contribution in [2.75, 3.05) is 25.4 Å². The molecule has 5 nitrogen and oxygen atoms in total. The molecule has 3 N–H and O–H groups in total. The van der Waals surface area contributed by atoms with Crippen molar-refractivity contribution in [2.45, 2.75) is 32.4 Å². The van der Waals surface area contributed by atoms with Crippen LogP contribution in [0.25, 0.3) is 10.9 Å². The maximum absolute atomic E-state index is 6.08. The van der Waals surface area contributed by atoms with Crippen molar-refractivity contribution in [3.63, 3.8) is 0 Å². The Morgan fingerprint density at radius 3 is 2.86 bits per heavy atom. The summed E-state index contributed by atoms with van der Waals surface area (Å²) >= 11 is 0. The van der Waals surface area contributed by atoms with Crippen molar-refractivity contribution < 1.29 is 0 Å². The van der Waals surface area contributed by atoms with Crippen molar-refractivity contribution in [3.05, 3.63) is 30.1 Å². The molecule has 2 aromatic rings. The van der Waals surface area contributed by atoms with Crippen LogP contribution in [0.4, 0.5) is 5.82 Å². The summed E-state index contributed by atoms with van der Waals surface area (Å²) in [4.78, 5) is 11.7. The maximum atomic E-state index is 6.08. The zero-order valence-electron chi connectivity index (χ0n) is 13.0. The molecule has 1 aromatic heterocycles. The summed E-state index contributed by atoms with van der Waals surface area (Å²) in [6.07, 6.45) is 2.34. The van der Waals surface area contributed by atoms with Gasteiger partial charge in [-0.05, 0) is 38.1 Å². The van der Waals surface area contributed by atoms with Crippen LogP contribution in [0.15, 0.2) is 24.3 Å². The molecule has 1 unspecified atom stereocenters. The predicted octanol–water partition coefficient (Wildman–Crippen LogP) is 2.21. The number of benzene rings is 1. The molecule has 0 aliphatic carbocycles. The zero-order chi connectivity index (χ0) is 14.7. The molecule has 1 fully saturated rings. The maximum Gasteiger partial charge on any atom is 0.145 e. The minimum Gasteiger partial charge on any atom is -0.383 e. The summed E-state index contributed by atoms with van der Waals surface area (Å²) < 4.78 is 0. The summed E-state index contributed by atoms with van der Waals surface area (Å²) in [5.41, 5.74) is 7.01. The van der Waals surface area contributed by atoms with Crippen molar-refractivity contribution in [2.24, 2.45) is 0 Å². The molecule has 0 saturated carbocycles. The van der Waals surface area contributed by atoms with Gasteiger partial charge in [-0.3, -0.25) is 4.90 Å². The van der Waals surface area contributed by atoms with Gasteiger partial charge < -0.3 is 11.1 Å². The van der Waals surface area contributed by atoms with Crippen LogP contribution in [-0.2, 0) is 6.54 Å². The summed E-state index contributed by atoms with van der Waals surface area (Å²) in [7, 11) is 0. The first-order valence-electron chi connectivity index (χ1n) is 7.74. The molecule has 1 saturated heterocycles. The molecule has 0 amide bonds. The second kappa shape index (κ2) is 7.72. The minimum atomic E-state index is 0. The molecular weight excluding hydrogens is 298 g/mol. The minimum absolute atomic E-state index is 0. The van der Waals surface area contributed by atoms with E-state index in [2.05, 4.69) is 27.1 Å². The highest BCUT2D eigenvalue weighted by Gasteiger charge is 2.22. The van der Waals surface area contributed by atoms with Crippen molar-refractivity contribution in [1.82, 2.24) is 20.2 Å². The van der Waals surface area contributed by atoms with Crippen molar-refractivity contribution >= 4 is 29.1 Å². The Balaban J connectivity index is 0.00000176. The third-order valence-electron chi connectivity index (χ3n) is 4.09. The summed E-state index contributed by atoms with van der Waals surface area (Å²) in [5.74, 6) is 1.41. The van der Waals surface area contributed by atoms with Crippen LogP contribution in [0.3, 0.4) is 0 Å². The predicted molar refractivity (Wildman–Crippen MR) is 93.2 cm³/mol. The number of aromatic nitrogens is 2. The monoisotopic (exact) mass is 321 g/mol. The number of hydrogen-bond donors (Lipinski definition) is 2. The van der Waals surface area contributed by atoms with Gasteiger partial charge in [0.2, 0.25) is 0 Å². The summed E-state index contributed by atoms with van der Waals surface area (Å²) in [6, 6.07) is 8.51. The fourth-order valence-corrected chi connectivity index (χ4v) is 3.03. The number of hydrogen-bond acceptors (Lipinski definition) is 5. The molecule has 22 heavy (non-hydrogen) atoms. The third-order valence-corrected chi connectivity index (χ3v) is 4.09. The van der Waals surface area contributed by atoms with E-state index in [0.29, 0.717) is 11.9 Å². The topological polar surface area (TPSA) is 67.1 Å². The fourth-order valence-electron chi connectivity index (χ4n) is 3.03. The normalized spacial score (nSPS) is 17.8. The average Bonchev–Trinajstić information content (AvgIpc) is 3.01. The van der Waals surface area contributed by atoms with Crippen LogP contribution in [0.1, 0.15) is 25.6 Å². The SMILES string of the molecule is CCCN(Cc1nc(N)c2ccccc2n1)C1CCNC1.Cl. The molecule has 0 radical (unpaired) electrons. The Morgan fingerprint density at radius 1 is 1.32 bits per heavy atom. The lowest BCUT2D eigenvalue weighted by Crippen LogP contribution is -2.37. The molecule has 1 aliphatic heterocycles. The van der Waals surface area contributed by atoms with Gasteiger partial charge in [-0.1, -0.05) is 19.1 Å². The highest BCUT2D eigenvalue weighted by atomic mass is 35.5. The zero-order valence-corrected chi connectivity index (χ0v) is 13.8. The molecule has 1 atom stereocenters. The van der Waals surface area contributed by atoms with E-state index in [-0.39, 0.29) is 12.4 Å². The fraction of sp³-hybridized carbons (Fsp3) is 0.500. The molecule has 0 bridgehead atoms. The second-order valence-corrected chi connectivity index (χ2v) is 5.66.